The number of ketones is 2. The Bertz CT molecular complexity index is 1680. The molecule has 42 heavy (non-hydrogen) atoms. The van der Waals surface area contributed by atoms with E-state index in [1.165, 1.54) is 4.90 Å². The van der Waals surface area contributed by atoms with E-state index in [9.17, 15) is 34.8 Å². The van der Waals surface area contributed by atoms with Gasteiger partial charge in [0, 0.05) is 40.4 Å². The van der Waals surface area contributed by atoms with Crippen molar-refractivity contribution in [2.24, 2.45) is 17.6 Å². The minimum Gasteiger partial charge on any atom is -0.510 e. The quantitative estimate of drug-likeness (QED) is 0.185. The highest BCUT2D eigenvalue weighted by Gasteiger charge is 2.63. The number of hydrogen-bond donors (Lipinski definition) is 5. The molecule has 0 saturated heterocycles. The number of rotatable bonds is 3. The van der Waals surface area contributed by atoms with Crippen molar-refractivity contribution in [2.45, 2.75) is 24.5 Å². The number of halogens is 1. The molecular weight excluding hydrogens is 653 g/mol. The predicted octanol–water partition coefficient (Wildman–Crippen LogP) is 2.19. The predicted molar refractivity (Wildman–Crippen MR) is 163 cm³/mol. The summed E-state index contributed by atoms with van der Waals surface area (Å²) in [4.78, 5) is 43.1. The number of carbonyl (C=O) groups excluding carboxylic acids is 3. The van der Waals surface area contributed by atoms with Crippen LogP contribution in [0.1, 0.15) is 33.5 Å². The van der Waals surface area contributed by atoms with Crippen LogP contribution >= 0.6 is 22.6 Å². The molecule has 0 radical (unpaired) electrons. The van der Waals surface area contributed by atoms with Crippen LogP contribution in [-0.2, 0) is 16.0 Å². The fraction of sp³-hybridized carbons (Fsp3) is 0.323. The largest absolute Gasteiger partial charge is 0.510 e. The van der Waals surface area contributed by atoms with E-state index < -0.39 is 58.0 Å². The van der Waals surface area contributed by atoms with Gasteiger partial charge in [-0.3, -0.25) is 19.3 Å². The first-order valence-corrected chi connectivity index (χ1v) is 14.3. The van der Waals surface area contributed by atoms with Gasteiger partial charge in [0.2, 0.25) is 5.78 Å². The van der Waals surface area contributed by atoms with Crippen LogP contribution in [0.15, 0.2) is 53.0 Å². The molecule has 0 bridgehead atoms. The Balaban J connectivity index is 1.70. The summed E-state index contributed by atoms with van der Waals surface area (Å²) in [6.45, 7) is 0. The Kier molecular flexibility index (Phi) is 7.37. The second-order valence-electron chi connectivity index (χ2n) is 11.3. The maximum atomic E-state index is 14.1. The fourth-order valence-corrected chi connectivity index (χ4v) is 6.83. The number of aromatic hydroxyl groups is 1. The summed E-state index contributed by atoms with van der Waals surface area (Å²) < 4.78 is 1.04. The van der Waals surface area contributed by atoms with Crippen molar-refractivity contribution in [3.05, 3.63) is 78.8 Å². The number of benzene rings is 2. The lowest BCUT2D eigenvalue weighted by atomic mass is 9.58. The van der Waals surface area contributed by atoms with Gasteiger partial charge in [-0.1, -0.05) is 11.8 Å². The Morgan fingerprint density at radius 3 is 2.29 bits per heavy atom. The fourth-order valence-electron chi connectivity index (χ4n) is 6.47. The van der Waals surface area contributed by atoms with Crippen molar-refractivity contribution >= 4 is 45.8 Å². The van der Waals surface area contributed by atoms with E-state index in [0.29, 0.717) is 16.8 Å². The van der Waals surface area contributed by atoms with Crippen LogP contribution in [0.4, 0.5) is 5.69 Å². The average molecular weight is 683 g/mol. The van der Waals surface area contributed by atoms with E-state index in [1.807, 2.05) is 24.3 Å². The van der Waals surface area contributed by atoms with Crippen molar-refractivity contribution in [2.75, 3.05) is 33.1 Å². The number of amides is 1. The third-order valence-electron chi connectivity index (χ3n) is 8.37. The second-order valence-corrected chi connectivity index (χ2v) is 12.5. The summed E-state index contributed by atoms with van der Waals surface area (Å²) in [7, 11) is 6.78. The van der Waals surface area contributed by atoms with E-state index in [0.717, 1.165) is 3.57 Å². The molecule has 0 aliphatic heterocycles. The molecule has 6 N–H and O–H groups in total. The Labute approximate surface area is 256 Å². The zero-order valence-corrected chi connectivity index (χ0v) is 25.6. The third-order valence-corrected chi connectivity index (χ3v) is 9.09. The molecule has 5 rings (SSSR count). The SMILES string of the molecule is CN(C)c1cc(C#Cc2ccc(I)cc2)c(O)c2c1C[C@H]1C[C@H]3[C@H](N(C)C)C(O)=C(C(N)=O)C(=O)[C@@]3(O)C(O)=C1C2=O. The lowest BCUT2D eigenvalue weighted by Crippen LogP contribution is -2.63. The number of carbonyl (C=O) groups is 3. The van der Waals surface area contributed by atoms with Crippen molar-refractivity contribution in [1.29, 1.82) is 0 Å². The number of nitrogens with two attached hydrogens (primary N) is 1. The average Bonchev–Trinajstić information content (AvgIpc) is 2.90. The number of primary amides is 1. The van der Waals surface area contributed by atoms with E-state index in [2.05, 4.69) is 34.4 Å². The standard InChI is InChI=1S/C31H30IN3O7/c1-34(2)20-13-15(8-5-14-6-9-17(32)10-7-14)25(36)22-18(20)11-16-12-19-24(35(3)4)27(38)23(30(33)41)29(40)31(19,42)28(39)21(16)26(22)37/h6-7,9-10,13,16,19,24,36,38-39,42H,11-12H2,1-4H3,(H2,33,41)/t16-,19-,24-,31-/m0/s1. The molecule has 0 saturated carbocycles. The van der Waals surface area contributed by atoms with Gasteiger partial charge >= 0.3 is 0 Å². The monoisotopic (exact) mass is 683 g/mol. The highest BCUT2D eigenvalue weighted by molar-refractivity contribution is 14.1. The topological polar surface area (TPSA) is 165 Å². The van der Waals surface area contributed by atoms with Crippen LogP contribution in [0, 0.1) is 27.2 Å². The van der Waals surface area contributed by atoms with Gasteiger partial charge in [0.05, 0.1) is 17.2 Å². The van der Waals surface area contributed by atoms with E-state index in [4.69, 9.17) is 5.73 Å². The molecular formula is C31H30IN3O7. The molecule has 1 amide bonds. The first kappa shape index (κ1) is 29.6. The number of nitrogens with zero attached hydrogens (tertiary/aromatic N) is 2. The number of likely N-dealkylation sites (N-methyl/N-ethyl adjacent to an activating group) is 1. The minimum absolute atomic E-state index is 0.0216. The molecule has 2 aromatic rings. The summed E-state index contributed by atoms with van der Waals surface area (Å²) >= 11 is 2.18. The molecule has 10 nitrogen and oxygen atoms in total. The second kappa shape index (κ2) is 10.4. The Morgan fingerprint density at radius 1 is 1.07 bits per heavy atom. The molecule has 3 aliphatic carbocycles. The van der Waals surface area contributed by atoms with E-state index >= 15 is 0 Å². The number of phenols is 1. The molecule has 11 heteroatoms. The van der Waals surface area contributed by atoms with Gasteiger partial charge in [-0.15, -0.1) is 0 Å². The molecule has 0 aromatic heterocycles. The molecule has 0 fully saturated rings. The van der Waals surface area contributed by atoms with Gasteiger partial charge in [-0.25, -0.2) is 0 Å². The molecule has 0 spiro atoms. The number of allylic oxidation sites excluding steroid dienone is 1. The van der Waals surface area contributed by atoms with Crippen LogP contribution in [0.2, 0.25) is 0 Å². The van der Waals surface area contributed by atoms with Gasteiger partial charge in [0.1, 0.15) is 22.8 Å². The molecule has 0 heterocycles. The number of phenolic OH excluding ortho intramolecular Hbond substituents is 1. The van der Waals surface area contributed by atoms with Crippen LogP contribution in [-0.4, -0.2) is 82.6 Å². The first-order valence-electron chi connectivity index (χ1n) is 13.2. The zero-order chi connectivity index (χ0) is 30.8. The van der Waals surface area contributed by atoms with Crippen LogP contribution < -0.4 is 10.6 Å². The summed E-state index contributed by atoms with van der Waals surface area (Å²) in [5.74, 6) is -0.954. The lowest BCUT2D eigenvalue weighted by Gasteiger charge is -2.50. The van der Waals surface area contributed by atoms with Gasteiger partial charge in [-0.05, 0) is 91.3 Å². The Morgan fingerprint density at radius 2 is 1.71 bits per heavy atom. The van der Waals surface area contributed by atoms with Crippen molar-refractivity contribution in [3.8, 4) is 17.6 Å². The van der Waals surface area contributed by atoms with Gasteiger partial charge < -0.3 is 31.1 Å². The number of aliphatic hydroxyl groups excluding tert-OH is 2. The van der Waals surface area contributed by atoms with Crippen molar-refractivity contribution in [3.63, 3.8) is 0 Å². The van der Waals surface area contributed by atoms with Crippen LogP contribution in [0.25, 0.3) is 0 Å². The zero-order valence-electron chi connectivity index (χ0n) is 23.4. The van der Waals surface area contributed by atoms with Crippen LogP contribution in [0.5, 0.6) is 5.75 Å². The molecule has 2 aromatic carbocycles. The van der Waals surface area contributed by atoms with E-state index in [1.54, 1.807) is 39.2 Å². The van der Waals surface area contributed by atoms with Crippen LogP contribution in [0.3, 0.4) is 0 Å². The number of hydrogen-bond acceptors (Lipinski definition) is 9. The number of Topliss-reactive ketones (excluding diaryl/α,β-unsaturated/α-hetero) is 2. The van der Waals surface area contributed by atoms with Gasteiger partial charge in [0.15, 0.2) is 11.4 Å². The summed E-state index contributed by atoms with van der Waals surface area (Å²) in [5.41, 5.74) is 3.67. The minimum atomic E-state index is -2.69. The number of aliphatic hydroxyl groups is 3. The molecule has 3 aliphatic rings. The number of anilines is 1. The highest BCUT2D eigenvalue weighted by Crippen LogP contribution is 2.53. The number of fused-ring (bicyclic) bond motifs is 3. The van der Waals surface area contributed by atoms with Crippen molar-refractivity contribution < 1.29 is 34.8 Å². The summed E-state index contributed by atoms with van der Waals surface area (Å²) in [6.07, 6.45) is 0.216. The molecule has 218 valence electrons. The maximum absolute atomic E-state index is 14.1. The summed E-state index contributed by atoms with van der Waals surface area (Å²) in [6, 6.07) is 8.13. The van der Waals surface area contributed by atoms with Gasteiger partial charge in [-0.2, -0.15) is 0 Å². The lowest BCUT2D eigenvalue weighted by molar-refractivity contribution is -0.148. The maximum Gasteiger partial charge on any atom is 0.255 e. The molecule has 4 atom stereocenters. The third kappa shape index (κ3) is 4.36. The first-order chi connectivity index (χ1) is 19.7. The van der Waals surface area contributed by atoms with Crippen molar-refractivity contribution in [1.82, 2.24) is 4.90 Å². The van der Waals surface area contributed by atoms with Gasteiger partial charge in [0.25, 0.3) is 5.91 Å². The normalized spacial score (nSPS) is 25.0. The molecule has 0 unspecified atom stereocenters. The highest BCUT2D eigenvalue weighted by atomic mass is 127. The Hall–Kier alpha value is -3.86. The smallest absolute Gasteiger partial charge is 0.255 e. The summed E-state index contributed by atoms with van der Waals surface area (Å²) in [5, 5.41) is 45.6. The van der Waals surface area contributed by atoms with E-state index in [-0.39, 0.29) is 35.3 Å².